The van der Waals surface area contributed by atoms with Crippen LogP contribution in [0.25, 0.3) is 0 Å². The Morgan fingerprint density at radius 3 is 2.44 bits per heavy atom. The molecule has 0 amide bonds. The lowest BCUT2D eigenvalue weighted by Crippen LogP contribution is -2.33. The molecule has 0 saturated heterocycles. The maximum atomic E-state index is 10.4. The molecule has 88 valence electrons. The van der Waals surface area contributed by atoms with Gasteiger partial charge in [-0.3, -0.25) is 0 Å². The lowest BCUT2D eigenvalue weighted by atomic mass is 9.80. The summed E-state index contributed by atoms with van der Waals surface area (Å²) in [5.41, 5.74) is 0.436. The summed E-state index contributed by atoms with van der Waals surface area (Å²) < 4.78 is 0. The predicted molar refractivity (Wildman–Crippen MR) is 68.2 cm³/mol. The Labute approximate surface area is 106 Å². The largest absolute Gasteiger partial charge is 0.390 e. The summed E-state index contributed by atoms with van der Waals surface area (Å²) in [6, 6.07) is 5.48. The van der Waals surface area contributed by atoms with Crippen molar-refractivity contribution in [3.8, 4) is 0 Å². The van der Waals surface area contributed by atoms with E-state index in [0.29, 0.717) is 16.5 Å². The Balaban J connectivity index is 2.13. The molecule has 16 heavy (non-hydrogen) atoms. The molecule has 1 aromatic rings. The van der Waals surface area contributed by atoms with E-state index >= 15 is 0 Å². The van der Waals surface area contributed by atoms with E-state index in [0.717, 1.165) is 31.2 Å². The third-order valence-corrected chi connectivity index (χ3v) is 3.91. The van der Waals surface area contributed by atoms with Crippen LogP contribution in [0.2, 0.25) is 10.0 Å². The van der Waals surface area contributed by atoms with Gasteiger partial charge in [-0.25, -0.2) is 0 Å². The first kappa shape index (κ1) is 12.2. The quantitative estimate of drug-likeness (QED) is 0.842. The van der Waals surface area contributed by atoms with Crippen molar-refractivity contribution in [2.45, 2.75) is 44.1 Å². The van der Waals surface area contributed by atoms with Crippen molar-refractivity contribution in [2.24, 2.45) is 0 Å². The fraction of sp³-hybridized carbons (Fsp3) is 0.538. The molecule has 0 unspecified atom stereocenters. The summed E-state index contributed by atoms with van der Waals surface area (Å²) in [7, 11) is 0. The van der Waals surface area contributed by atoms with Gasteiger partial charge in [0.15, 0.2) is 0 Å². The number of hydrogen-bond acceptors (Lipinski definition) is 1. The lowest BCUT2D eigenvalue weighted by molar-refractivity contribution is 0.00451. The van der Waals surface area contributed by atoms with E-state index in [-0.39, 0.29) is 0 Å². The zero-order chi connectivity index (χ0) is 11.6. The molecular formula is C13H16Cl2O. The topological polar surface area (TPSA) is 20.2 Å². The first-order valence-corrected chi connectivity index (χ1v) is 6.51. The number of halogens is 2. The van der Waals surface area contributed by atoms with Gasteiger partial charge in [-0.2, -0.15) is 0 Å². The summed E-state index contributed by atoms with van der Waals surface area (Å²) in [5.74, 6) is 0. The molecule has 0 radical (unpaired) electrons. The molecule has 0 atom stereocenters. The summed E-state index contributed by atoms with van der Waals surface area (Å²) in [6.07, 6.45) is 5.86. The predicted octanol–water partition coefficient (Wildman–Crippen LogP) is 4.23. The van der Waals surface area contributed by atoms with E-state index in [4.69, 9.17) is 23.2 Å². The van der Waals surface area contributed by atoms with Gasteiger partial charge in [-0.1, -0.05) is 48.5 Å². The standard InChI is InChI=1S/C13H16Cl2O/c14-11-5-4-10(12(15)8-11)9-13(16)6-2-1-3-7-13/h4-5,8,16H,1-3,6-7,9H2. The molecule has 1 fully saturated rings. The van der Waals surface area contributed by atoms with E-state index in [1.54, 1.807) is 6.07 Å². The van der Waals surface area contributed by atoms with Crippen molar-refractivity contribution in [2.75, 3.05) is 0 Å². The van der Waals surface area contributed by atoms with Crippen molar-refractivity contribution in [1.82, 2.24) is 0 Å². The van der Waals surface area contributed by atoms with Crippen LogP contribution in [0.5, 0.6) is 0 Å². The Hall–Kier alpha value is -0.240. The maximum absolute atomic E-state index is 10.4. The Kier molecular flexibility index (Phi) is 3.78. The van der Waals surface area contributed by atoms with Gasteiger partial charge in [0.2, 0.25) is 0 Å². The lowest BCUT2D eigenvalue weighted by Gasteiger charge is -2.32. The van der Waals surface area contributed by atoms with Crippen molar-refractivity contribution in [3.05, 3.63) is 33.8 Å². The van der Waals surface area contributed by atoms with Crippen LogP contribution < -0.4 is 0 Å². The highest BCUT2D eigenvalue weighted by Crippen LogP contribution is 2.33. The number of benzene rings is 1. The van der Waals surface area contributed by atoms with Gasteiger partial charge >= 0.3 is 0 Å². The van der Waals surface area contributed by atoms with Crippen LogP contribution in [0.1, 0.15) is 37.7 Å². The van der Waals surface area contributed by atoms with Crippen LogP contribution in [0, 0.1) is 0 Å². The fourth-order valence-electron chi connectivity index (χ4n) is 2.41. The second kappa shape index (κ2) is 4.95. The van der Waals surface area contributed by atoms with Crippen molar-refractivity contribution in [3.63, 3.8) is 0 Å². The molecule has 1 aliphatic carbocycles. The van der Waals surface area contributed by atoms with Gasteiger partial charge in [0.1, 0.15) is 0 Å². The third kappa shape index (κ3) is 2.91. The maximum Gasteiger partial charge on any atom is 0.0688 e. The Morgan fingerprint density at radius 2 is 1.81 bits per heavy atom. The molecule has 0 bridgehead atoms. The highest BCUT2D eigenvalue weighted by Gasteiger charge is 2.29. The first-order chi connectivity index (χ1) is 7.59. The summed E-state index contributed by atoms with van der Waals surface area (Å²) in [4.78, 5) is 0. The summed E-state index contributed by atoms with van der Waals surface area (Å²) in [5, 5.41) is 11.7. The van der Waals surface area contributed by atoms with Gasteiger partial charge in [0.05, 0.1) is 5.60 Å². The van der Waals surface area contributed by atoms with Gasteiger partial charge < -0.3 is 5.11 Å². The number of aliphatic hydroxyl groups is 1. The van der Waals surface area contributed by atoms with E-state index in [9.17, 15) is 5.11 Å². The zero-order valence-corrected chi connectivity index (χ0v) is 10.7. The van der Waals surface area contributed by atoms with Crippen LogP contribution >= 0.6 is 23.2 Å². The second-order valence-corrected chi connectivity index (χ2v) is 5.54. The van der Waals surface area contributed by atoms with Gasteiger partial charge in [0.25, 0.3) is 0 Å². The third-order valence-electron chi connectivity index (χ3n) is 3.32. The van der Waals surface area contributed by atoms with Crippen LogP contribution in [0.4, 0.5) is 0 Å². The molecule has 0 aromatic heterocycles. The summed E-state index contributed by atoms with van der Waals surface area (Å²) in [6.45, 7) is 0. The SMILES string of the molecule is OC1(Cc2ccc(Cl)cc2Cl)CCCCC1. The smallest absolute Gasteiger partial charge is 0.0688 e. The molecule has 0 heterocycles. The average molecular weight is 259 g/mol. The molecule has 3 heteroatoms. The van der Waals surface area contributed by atoms with Crippen molar-refractivity contribution in [1.29, 1.82) is 0 Å². The molecule has 2 rings (SSSR count). The normalized spacial score (nSPS) is 19.7. The van der Waals surface area contributed by atoms with Crippen molar-refractivity contribution < 1.29 is 5.11 Å². The molecule has 1 saturated carbocycles. The zero-order valence-electron chi connectivity index (χ0n) is 9.18. The monoisotopic (exact) mass is 258 g/mol. The van der Waals surface area contributed by atoms with Gasteiger partial charge in [-0.15, -0.1) is 0 Å². The molecule has 0 spiro atoms. The highest BCUT2D eigenvalue weighted by atomic mass is 35.5. The fourth-order valence-corrected chi connectivity index (χ4v) is 2.88. The molecule has 0 aliphatic heterocycles. The number of rotatable bonds is 2. The minimum absolute atomic E-state index is 0.560. The minimum atomic E-state index is -0.560. The molecule has 1 aromatic carbocycles. The van der Waals surface area contributed by atoms with Crippen molar-refractivity contribution >= 4 is 23.2 Å². The summed E-state index contributed by atoms with van der Waals surface area (Å²) >= 11 is 12.0. The van der Waals surface area contributed by atoms with Crippen LogP contribution in [0.3, 0.4) is 0 Å². The van der Waals surface area contributed by atoms with E-state index in [2.05, 4.69) is 0 Å². The van der Waals surface area contributed by atoms with Crippen LogP contribution in [-0.4, -0.2) is 10.7 Å². The average Bonchev–Trinajstić information content (AvgIpc) is 2.23. The van der Waals surface area contributed by atoms with Crippen LogP contribution in [0.15, 0.2) is 18.2 Å². The number of hydrogen-bond donors (Lipinski definition) is 1. The molecule has 1 N–H and O–H groups in total. The highest BCUT2D eigenvalue weighted by molar-refractivity contribution is 6.35. The molecule has 1 nitrogen and oxygen atoms in total. The Morgan fingerprint density at radius 1 is 1.12 bits per heavy atom. The molecular weight excluding hydrogens is 243 g/mol. The second-order valence-electron chi connectivity index (χ2n) is 4.70. The molecule has 1 aliphatic rings. The van der Waals surface area contributed by atoms with E-state index < -0.39 is 5.60 Å². The van der Waals surface area contributed by atoms with Gasteiger partial charge in [-0.05, 0) is 30.5 Å². The minimum Gasteiger partial charge on any atom is -0.390 e. The Bertz CT molecular complexity index is 370. The van der Waals surface area contributed by atoms with E-state index in [1.807, 2.05) is 12.1 Å². The van der Waals surface area contributed by atoms with Gasteiger partial charge in [0, 0.05) is 16.5 Å². The van der Waals surface area contributed by atoms with E-state index in [1.165, 1.54) is 6.42 Å². The van der Waals surface area contributed by atoms with Crippen LogP contribution in [-0.2, 0) is 6.42 Å². The first-order valence-electron chi connectivity index (χ1n) is 5.75.